The molecule has 0 aliphatic rings. The van der Waals surface area contributed by atoms with Gasteiger partial charge in [-0.2, -0.15) is 0 Å². The normalized spacial score (nSPS) is 10.4. The van der Waals surface area contributed by atoms with Crippen molar-refractivity contribution in [2.24, 2.45) is 0 Å². The van der Waals surface area contributed by atoms with Crippen LogP contribution in [0.3, 0.4) is 0 Å². The Labute approximate surface area is 149 Å². The topological polar surface area (TPSA) is 24.8 Å². The Balaban J connectivity index is 1.90. The molecule has 124 valence electrons. The molecule has 0 spiro atoms. The van der Waals surface area contributed by atoms with E-state index in [0.29, 0.717) is 6.54 Å². The summed E-state index contributed by atoms with van der Waals surface area (Å²) >= 11 is 0. The summed E-state index contributed by atoms with van der Waals surface area (Å²) in [6.45, 7) is 6.96. The Bertz CT molecular complexity index is 981. The quantitative estimate of drug-likeness (QED) is 0.517. The summed E-state index contributed by atoms with van der Waals surface area (Å²) in [5.74, 6) is 0. The van der Waals surface area contributed by atoms with Crippen molar-refractivity contribution in [1.82, 2.24) is 0 Å². The van der Waals surface area contributed by atoms with Gasteiger partial charge in [-0.05, 0) is 32.9 Å². The van der Waals surface area contributed by atoms with Gasteiger partial charge in [0.1, 0.15) is 0 Å². The minimum absolute atomic E-state index is 0.0564. The van der Waals surface area contributed by atoms with Crippen LogP contribution in [0, 0.1) is 26.4 Å². The Morgan fingerprint density at radius 2 is 1.40 bits per heavy atom. The molecule has 0 atom stereocenters. The number of pyridine rings is 2. The summed E-state index contributed by atoms with van der Waals surface area (Å²) in [4.78, 5) is 0. The third kappa shape index (κ3) is 3.96. The Kier molecular flexibility index (Phi) is 5.28. The van der Waals surface area contributed by atoms with Gasteiger partial charge in [-0.25, -0.2) is 0 Å². The van der Waals surface area contributed by atoms with Crippen LogP contribution in [0.1, 0.15) is 16.7 Å². The molecule has 0 N–H and O–H groups in total. The van der Waals surface area contributed by atoms with E-state index >= 15 is 0 Å². The van der Waals surface area contributed by atoms with Gasteiger partial charge in [0.05, 0.1) is 0 Å². The van der Waals surface area contributed by atoms with Gasteiger partial charge in [-0.3, -0.25) is 0 Å². The van der Waals surface area contributed by atoms with E-state index in [2.05, 4.69) is 79.8 Å². The second-order valence-electron chi connectivity index (χ2n) is 6.25. The number of rotatable bonds is 3. The second kappa shape index (κ2) is 7.61. The smallest absolute Gasteiger partial charge is 0.0497 e. The third-order valence-corrected chi connectivity index (χ3v) is 4.54. The molecule has 4 heteroatoms. The third-order valence-electron chi connectivity index (χ3n) is 4.27. The molecule has 0 aliphatic carbocycles. The monoisotopic (exact) mass is 348 g/mol. The molecule has 3 rings (SSSR count). The Hall–Kier alpha value is -2.47. The van der Waals surface area contributed by atoms with Crippen LogP contribution in [0.2, 0.25) is 0 Å². The van der Waals surface area contributed by atoms with Gasteiger partial charge in [0.15, 0.2) is 0 Å². The van der Waals surface area contributed by atoms with Crippen molar-refractivity contribution < 1.29 is 13.7 Å². The molecule has 25 heavy (non-hydrogen) atoms. The first-order valence-corrected chi connectivity index (χ1v) is 9.04. The molecule has 1 aromatic carbocycles. The number of aromatic nitrogens is 2. The van der Waals surface area contributed by atoms with Crippen molar-refractivity contribution in [2.45, 2.75) is 27.3 Å². The first-order valence-electron chi connectivity index (χ1n) is 8.23. The average molecular weight is 348 g/mol. The van der Waals surface area contributed by atoms with Crippen LogP contribution in [0.15, 0.2) is 61.2 Å². The van der Waals surface area contributed by atoms with E-state index in [1.54, 1.807) is 0 Å². The molecule has 3 aromatic rings. The van der Waals surface area contributed by atoms with Crippen LogP contribution in [0.5, 0.6) is 0 Å². The van der Waals surface area contributed by atoms with Crippen molar-refractivity contribution in [1.29, 1.82) is 0 Å². The van der Waals surface area contributed by atoms with Crippen molar-refractivity contribution >= 4 is 7.92 Å². The number of aryl methyl sites for hydroxylation is 3. The summed E-state index contributed by atoms with van der Waals surface area (Å²) in [6, 6.07) is 12.8. The van der Waals surface area contributed by atoms with E-state index in [-0.39, 0.29) is 7.92 Å². The molecule has 2 heterocycles. The standard InChI is InChI=1S/C21H21N2OP/c1-16-14-17(2)21(18(3)15-16)23-10-6-20(7-11-23)19-4-8-22(9-5-19)12-13-25-24/h4-11,14-15H,12H2,1-3H3/q+2. The van der Waals surface area contributed by atoms with Gasteiger partial charge >= 0.3 is 111 Å². The molecule has 0 radical (unpaired) electrons. The van der Waals surface area contributed by atoms with E-state index in [1.807, 2.05) is 17.0 Å². The summed E-state index contributed by atoms with van der Waals surface area (Å²) in [6.07, 6.45) is 8.17. The molecular formula is C21H21N2OP+2. The summed E-state index contributed by atoms with van der Waals surface area (Å²) < 4.78 is 14.6. The molecule has 0 aliphatic heterocycles. The molecule has 0 fully saturated rings. The van der Waals surface area contributed by atoms with Gasteiger partial charge in [-0.1, -0.05) is 5.56 Å². The molecule has 0 bridgehead atoms. The van der Waals surface area contributed by atoms with Crippen LogP contribution in [0.25, 0.3) is 16.8 Å². The minimum atomic E-state index is -0.0564. The van der Waals surface area contributed by atoms with Gasteiger partial charge in [0, 0.05) is 0 Å². The van der Waals surface area contributed by atoms with Gasteiger partial charge < -0.3 is 0 Å². The number of hydrogen-bond donors (Lipinski definition) is 0. The van der Waals surface area contributed by atoms with Crippen molar-refractivity contribution in [2.75, 3.05) is 0 Å². The first kappa shape index (κ1) is 17.4. The maximum absolute atomic E-state index is 10.5. The van der Waals surface area contributed by atoms with Crippen molar-refractivity contribution in [3.63, 3.8) is 0 Å². The molecular weight excluding hydrogens is 327 g/mol. The van der Waals surface area contributed by atoms with Crippen LogP contribution in [0.4, 0.5) is 0 Å². The zero-order valence-corrected chi connectivity index (χ0v) is 15.6. The van der Waals surface area contributed by atoms with E-state index in [1.165, 1.54) is 27.9 Å². The van der Waals surface area contributed by atoms with Crippen LogP contribution >= 0.6 is 7.92 Å². The number of benzene rings is 1. The van der Waals surface area contributed by atoms with Crippen molar-refractivity contribution in [3.8, 4) is 22.4 Å². The Morgan fingerprint density at radius 3 is 1.92 bits per heavy atom. The zero-order valence-electron chi connectivity index (χ0n) is 14.7. The van der Waals surface area contributed by atoms with E-state index in [9.17, 15) is 4.57 Å². The molecule has 0 unspecified atom stereocenters. The van der Waals surface area contributed by atoms with Crippen molar-refractivity contribution in [3.05, 3.63) is 77.9 Å². The predicted octanol–water partition coefficient (Wildman–Crippen LogP) is 4.09. The fraction of sp³-hybridized carbons (Fsp3) is 0.190. The van der Waals surface area contributed by atoms with E-state index in [4.69, 9.17) is 0 Å². The maximum atomic E-state index is 10.5. The molecule has 3 nitrogen and oxygen atoms in total. The number of hydrogen-bond acceptors (Lipinski definition) is 1. The fourth-order valence-electron chi connectivity index (χ4n) is 3.21. The fourth-order valence-corrected chi connectivity index (χ4v) is 3.43. The Morgan fingerprint density at radius 1 is 0.880 bits per heavy atom. The minimum Gasteiger partial charge on any atom is -0.0497 e. The second-order valence-corrected chi connectivity index (χ2v) is 6.75. The van der Waals surface area contributed by atoms with Gasteiger partial charge in [0.25, 0.3) is 0 Å². The zero-order chi connectivity index (χ0) is 17.8. The van der Waals surface area contributed by atoms with Gasteiger partial charge in [0.2, 0.25) is 0 Å². The summed E-state index contributed by atoms with van der Waals surface area (Å²) in [5, 5.41) is 0. The van der Waals surface area contributed by atoms with Crippen LogP contribution in [-0.4, -0.2) is 0 Å². The molecule has 2 aromatic heterocycles. The van der Waals surface area contributed by atoms with Crippen LogP contribution in [-0.2, 0) is 11.1 Å². The van der Waals surface area contributed by atoms with Gasteiger partial charge in [-0.15, -0.1) is 0 Å². The molecule has 0 saturated heterocycles. The van der Waals surface area contributed by atoms with E-state index < -0.39 is 0 Å². The number of nitrogens with zero attached hydrogens (tertiary/aromatic N) is 2. The van der Waals surface area contributed by atoms with E-state index in [0.717, 1.165) is 5.56 Å². The molecule has 0 saturated carbocycles. The predicted molar refractivity (Wildman–Crippen MR) is 99.3 cm³/mol. The summed E-state index contributed by atoms with van der Waals surface area (Å²) in [7, 11) is -0.0564. The summed E-state index contributed by atoms with van der Waals surface area (Å²) in [5.41, 5.74) is 10.2. The average Bonchev–Trinajstić information content (AvgIpc) is 2.60. The SMILES string of the molecule is Cc1cc(C)c(-[n+]2ccc(-c3cc[n+](CC#P=O)cc3)cc2)c(C)c1. The first-order chi connectivity index (χ1) is 12.1. The van der Waals surface area contributed by atoms with Crippen LogP contribution < -0.4 is 9.13 Å². The molecule has 0 amide bonds.